The summed E-state index contributed by atoms with van der Waals surface area (Å²) in [4.78, 5) is 26.3. The lowest BCUT2D eigenvalue weighted by Gasteiger charge is -2.27. The normalized spacial score (nSPS) is 12.0. The Labute approximate surface area is 228 Å². The zero-order valence-electron chi connectivity index (χ0n) is 23.7. The maximum atomic E-state index is 13.2. The van der Waals surface area contributed by atoms with E-state index >= 15 is 0 Å². The van der Waals surface area contributed by atoms with Gasteiger partial charge in [-0.15, -0.1) is 0 Å². The third-order valence-corrected chi connectivity index (χ3v) is 6.50. The third-order valence-electron chi connectivity index (χ3n) is 6.50. The van der Waals surface area contributed by atoms with Crippen LogP contribution in [0, 0.1) is 5.92 Å². The van der Waals surface area contributed by atoms with Crippen LogP contribution < -0.4 is 9.47 Å². The fourth-order valence-electron chi connectivity index (χ4n) is 4.43. The molecule has 0 bridgehead atoms. The molecule has 0 saturated heterocycles. The van der Waals surface area contributed by atoms with Gasteiger partial charge in [0.1, 0.15) is 18.1 Å². The first kappa shape index (κ1) is 31.2. The van der Waals surface area contributed by atoms with E-state index in [0.29, 0.717) is 49.6 Å². The highest BCUT2D eigenvalue weighted by Crippen LogP contribution is 2.21. The quantitative estimate of drug-likeness (QED) is 0.240. The lowest BCUT2D eigenvalue weighted by molar-refractivity contribution is -0.149. The molecule has 1 unspecified atom stereocenters. The molecule has 0 aliphatic carbocycles. The number of rotatable bonds is 17. The molecule has 38 heavy (non-hydrogen) atoms. The van der Waals surface area contributed by atoms with Crippen molar-refractivity contribution in [1.29, 1.82) is 0 Å². The number of hydrogen-bond donors (Lipinski definition) is 1. The topological polar surface area (TPSA) is 85.3 Å². The molecule has 210 valence electrons. The van der Waals surface area contributed by atoms with E-state index in [1.807, 2.05) is 48.5 Å². The first-order chi connectivity index (χ1) is 18.3. The molecule has 0 radical (unpaired) electrons. The van der Waals surface area contributed by atoms with Crippen LogP contribution in [0.1, 0.15) is 77.3 Å². The minimum absolute atomic E-state index is 0.289. The highest BCUT2D eigenvalue weighted by molar-refractivity contribution is 5.72. The molecule has 2 aromatic rings. The molecule has 0 aromatic heterocycles. The predicted molar refractivity (Wildman–Crippen MR) is 150 cm³/mol. The number of carboxylic acids is 1. The monoisotopic (exact) mass is 527 g/mol. The van der Waals surface area contributed by atoms with Crippen molar-refractivity contribution in [3.63, 3.8) is 0 Å². The fourth-order valence-corrected chi connectivity index (χ4v) is 4.43. The Bertz CT molecular complexity index is 951. The van der Waals surface area contributed by atoms with Gasteiger partial charge in [-0.1, -0.05) is 64.8 Å². The van der Waals surface area contributed by atoms with Crippen LogP contribution in [0.25, 0.3) is 0 Å². The van der Waals surface area contributed by atoms with Gasteiger partial charge in [0.05, 0.1) is 6.54 Å². The second-order valence-corrected chi connectivity index (χ2v) is 9.96. The van der Waals surface area contributed by atoms with Crippen LogP contribution >= 0.6 is 0 Å². The van der Waals surface area contributed by atoms with Crippen molar-refractivity contribution in [2.75, 3.05) is 26.3 Å². The van der Waals surface area contributed by atoms with Crippen molar-refractivity contribution in [2.45, 2.75) is 78.7 Å². The first-order valence-corrected chi connectivity index (χ1v) is 13.9. The van der Waals surface area contributed by atoms with E-state index in [1.54, 1.807) is 11.8 Å². The van der Waals surface area contributed by atoms with Crippen molar-refractivity contribution in [3.8, 4) is 11.5 Å². The van der Waals surface area contributed by atoms with Gasteiger partial charge in [0.15, 0.2) is 6.10 Å². The van der Waals surface area contributed by atoms with E-state index in [0.717, 1.165) is 31.2 Å². The van der Waals surface area contributed by atoms with Gasteiger partial charge in [-0.05, 0) is 67.0 Å². The summed E-state index contributed by atoms with van der Waals surface area (Å²) in [5.74, 6) is 1.05. The smallest absolute Gasteiger partial charge is 0.415 e. The molecular formula is C31H45NO6. The van der Waals surface area contributed by atoms with Gasteiger partial charge in [-0.25, -0.2) is 9.59 Å². The molecular weight excluding hydrogens is 482 g/mol. The number of benzene rings is 2. The number of carbonyl (C=O) groups excluding carboxylic acids is 1. The number of aliphatic carboxylic acids is 1. The largest absolute Gasteiger partial charge is 0.492 e. The van der Waals surface area contributed by atoms with E-state index in [-0.39, 0.29) is 12.5 Å². The van der Waals surface area contributed by atoms with Crippen LogP contribution in [0.15, 0.2) is 48.5 Å². The molecule has 7 nitrogen and oxygen atoms in total. The van der Waals surface area contributed by atoms with E-state index < -0.39 is 12.1 Å². The summed E-state index contributed by atoms with van der Waals surface area (Å²) in [6.07, 6.45) is 3.31. The molecule has 2 rings (SSSR count). The Morgan fingerprint density at radius 2 is 1.50 bits per heavy atom. The van der Waals surface area contributed by atoms with Crippen molar-refractivity contribution in [1.82, 2.24) is 4.90 Å². The molecule has 0 spiro atoms. The summed E-state index contributed by atoms with van der Waals surface area (Å²) < 4.78 is 17.0. The van der Waals surface area contributed by atoms with Crippen molar-refractivity contribution < 1.29 is 28.9 Å². The molecule has 1 N–H and O–H groups in total. The summed E-state index contributed by atoms with van der Waals surface area (Å²) >= 11 is 0. The molecule has 0 saturated carbocycles. The third kappa shape index (κ3) is 10.7. The van der Waals surface area contributed by atoms with E-state index in [4.69, 9.17) is 14.2 Å². The highest BCUT2D eigenvalue weighted by Gasteiger charge is 2.21. The zero-order valence-corrected chi connectivity index (χ0v) is 23.7. The van der Waals surface area contributed by atoms with Crippen molar-refractivity contribution in [2.24, 2.45) is 5.92 Å². The van der Waals surface area contributed by atoms with Gasteiger partial charge >= 0.3 is 12.1 Å². The second-order valence-electron chi connectivity index (χ2n) is 9.96. The van der Waals surface area contributed by atoms with Crippen LogP contribution in [0.5, 0.6) is 11.5 Å². The van der Waals surface area contributed by atoms with Gasteiger partial charge in [-0.2, -0.15) is 0 Å². The molecule has 0 aliphatic heterocycles. The molecule has 2 aromatic carbocycles. The number of ether oxygens (including phenoxy) is 3. The van der Waals surface area contributed by atoms with Crippen LogP contribution in [0.4, 0.5) is 4.79 Å². The standard InChI is InChI=1S/C31H45NO6/c1-6-9-25(10-7-2)22-32(31(35)38-28-17-13-26(14-18-28)23(4)5)19-20-37-27-15-11-24(12-16-27)21-29(30(33)34)36-8-3/h11-18,23,25,29H,6-10,19-22H2,1-5H3,(H,33,34). The second kappa shape index (κ2) is 16.7. The van der Waals surface area contributed by atoms with Gasteiger partial charge in [0.2, 0.25) is 0 Å². The molecule has 0 aliphatic rings. The molecule has 0 fully saturated rings. The van der Waals surface area contributed by atoms with E-state index in [1.165, 1.54) is 5.56 Å². The number of nitrogens with zero attached hydrogens (tertiary/aromatic N) is 1. The minimum atomic E-state index is -0.973. The molecule has 1 amide bonds. The van der Waals surface area contributed by atoms with Crippen LogP contribution in [0.2, 0.25) is 0 Å². The average molecular weight is 528 g/mol. The van der Waals surface area contributed by atoms with Gasteiger partial charge in [0, 0.05) is 19.6 Å². The predicted octanol–water partition coefficient (Wildman–Crippen LogP) is 6.94. The zero-order chi connectivity index (χ0) is 27.9. The van der Waals surface area contributed by atoms with Gasteiger partial charge < -0.3 is 24.2 Å². The SMILES string of the molecule is CCCC(CCC)CN(CCOc1ccc(CC(OCC)C(=O)O)cc1)C(=O)Oc1ccc(C(C)C)cc1. The summed E-state index contributed by atoms with van der Waals surface area (Å²) in [5, 5.41) is 9.30. The van der Waals surface area contributed by atoms with E-state index in [9.17, 15) is 14.7 Å². The summed E-state index contributed by atoms with van der Waals surface area (Å²) in [5.41, 5.74) is 2.05. The number of amides is 1. The fraction of sp³-hybridized carbons (Fsp3) is 0.548. The van der Waals surface area contributed by atoms with Crippen LogP contribution in [-0.2, 0) is 16.0 Å². The molecule has 7 heteroatoms. The van der Waals surface area contributed by atoms with Gasteiger partial charge in [-0.3, -0.25) is 0 Å². The maximum Gasteiger partial charge on any atom is 0.415 e. The first-order valence-electron chi connectivity index (χ1n) is 13.9. The van der Waals surface area contributed by atoms with Crippen molar-refractivity contribution >= 4 is 12.1 Å². The van der Waals surface area contributed by atoms with Crippen molar-refractivity contribution in [3.05, 3.63) is 59.7 Å². The highest BCUT2D eigenvalue weighted by atomic mass is 16.6. The summed E-state index contributed by atoms with van der Waals surface area (Å²) in [7, 11) is 0. The lowest BCUT2D eigenvalue weighted by atomic mass is 9.98. The Kier molecular flexibility index (Phi) is 13.7. The van der Waals surface area contributed by atoms with Crippen LogP contribution in [-0.4, -0.2) is 54.5 Å². The summed E-state index contributed by atoms with van der Waals surface area (Å²) in [6, 6.07) is 15.0. The number of carbonyl (C=O) groups is 2. The minimum Gasteiger partial charge on any atom is -0.492 e. The molecule has 0 heterocycles. The Morgan fingerprint density at radius 3 is 2.03 bits per heavy atom. The molecule has 1 atom stereocenters. The maximum absolute atomic E-state index is 13.2. The lowest BCUT2D eigenvalue weighted by Crippen LogP contribution is -2.40. The Hall–Kier alpha value is -3.06. The van der Waals surface area contributed by atoms with Gasteiger partial charge in [0.25, 0.3) is 0 Å². The summed E-state index contributed by atoms with van der Waals surface area (Å²) in [6.45, 7) is 12.1. The number of carboxylic acid groups (broad SMARTS) is 1. The van der Waals surface area contributed by atoms with Crippen LogP contribution in [0.3, 0.4) is 0 Å². The van der Waals surface area contributed by atoms with E-state index in [2.05, 4.69) is 27.7 Å². The Morgan fingerprint density at radius 1 is 0.895 bits per heavy atom. The average Bonchev–Trinajstić information content (AvgIpc) is 2.89. The number of hydrogen-bond acceptors (Lipinski definition) is 5. The Balaban J connectivity index is 2.01.